The van der Waals surface area contributed by atoms with Crippen molar-refractivity contribution >= 4 is 17.1 Å². The molecule has 40 heavy (non-hydrogen) atoms. The van der Waals surface area contributed by atoms with Crippen LogP contribution >= 0.6 is 0 Å². The topological polar surface area (TPSA) is 92.8 Å². The number of halogens is 6. The van der Waals surface area contributed by atoms with Gasteiger partial charge in [0.15, 0.2) is 5.54 Å². The molecule has 0 spiro atoms. The van der Waals surface area contributed by atoms with E-state index in [0.29, 0.717) is 5.56 Å². The lowest BCUT2D eigenvalue weighted by Gasteiger charge is -2.41. The standard InChI is InChI=1S/C27H25F6N5O2/c28-26(29,30)12-3-13-40-20-10-8-19(9-11-20)25(27(31,32)33)15-21(22(24(39)34-25)23-35-37-38-36-23)18-7-6-16-4-1-2-5-17(16)14-18/h6-11,14H,1-5,12-13,15H2,(H,34,39)(H,35,36,37,38)/t25-/m0/s1. The molecule has 1 aliphatic carbocycles. The van der Waals surface area contributed by atoms with Crippen LogP contribution in [-0.2, 0) is 23.2 Å². The molecule has 0 radical (unpaired) electrons. The number of H-pyrrole nitrogens is 1. The number of aromatic amines is 1. The highest BCUT2D eigenvalue weighted by Gasteiger charge is 2.60. The van der Waals surface area contributed by atoms with Gasteiger partial charge >= 0.3 is 12.4 Å². The quantitative estimate of drug-likeness (QED) is 0.284. The zero-order valence-corrected chi connectivity index (χ0v) is 21.1. The summed E-state index contributed by atoms with van der Waals surface area (Å²) in [6.07, 6.45) is -7.54. The van der Waals surface area contributed by atoms with Gasteiger partial charge in [-0.3, -0.25) is 4.79 Å². The average molecular weight is 566 g/mol. The molecular formula is C27H25F6N5O2. The number of carbonyl (C=O) groups excluding carboxylic acids is 1. The molecule has 1 aliphatic heterocycles. The van der Waals surface area contributed by atoms with Crippen LogP contribution in [0.2, 0.25) is 0 Å². The number of aryl methyl sites for hydroxylation is 2. The molecule has 0 unspecified atom stereocenters. The summed E-state index contributed by atoms with van der Waals surface area (Å²) in [5, 5.41) is 15.6. The van der Waals surface area contributed by atoms with Gasteiger partial charge in [0.2, 0.25) is 5.82 Å². The molecule has 1 amide bonds. The Hall–Kier alpha value is -3.90. The fourth-order valence-corrected chi connectivity index (χ4v) is 5.27. The van der Waals surface area contributed by atoms with Crippen LogP contribution < -0.4 is 10.1 Å². The number of hydrogen-bond acceptors (Lipinski definition) is 5. The Labute approximate surface area is 225 Å². The number of alkyl halides is 6. The molecular weight excluding hydrogens is 540 g/mol. The smallest absolute Gasteiger partial charge is 0.416 e. The van der Waals surface area contributed by atoms with E-state index in [0.717, 1.165) is 48.9 Å². The Bertz CT molecular complexity index is 1400. The van der Waals surface area contributed by atoms with Gasteiger partial charge in [0, 0.05) is 12.8 Å². The highest BCUT2D eigenvalue weighted by molar-refractivity contribution is 6.27. The van der Waals surface area contributed by atoms with E-state index in [9.17, 15) is 31.1 Å². The summed E-state index contributed by atoms with van der Waals surface area (Å²) in [5.74, 6) is -1.02. The molecule has 7 nitrogen and oxygen atoms in total. The van der Waals surface area contributed by atoms with Crippen molar-refractivity contribution in [1.82, 2.24) is 25.9 Å². The lowest BCUT2D eigenvalue weighted by atomic mass is 9.75. The number of tetrazole rings is 1. The van der Waals surface area contributed by atoms with E-state index in [-0.39, 0.29) is 41.3 Å². The van der Waals surface area contributed by atoms with Crippen LogP contribution in [0.15, 0.2) is 42.5 Å². The first-order chi connectivity index (χ1) is 19.0. The predicted molar refractivity (Wildman–Crippen MR) is 132 cm³/mol. The van der Waals surface area contributed by atoms with E-state index in [2.05, 4.69) is 25.9 Å². The van der Waals surface area contributed by atoms with Gasteiger partial charge in [0.05, 0.1) is 12.2 Å². The highest BCUT2D eigenvalue weighted by atomic mass is 19.4. The Balaban J connectivity index is 1.52. The maximum atomic E-state index is 14.9. The van der Waals surface area contributed by atoms with E-state index in [1.807, 2.05) is 12.1 Å². The van der Waals surface area contributed by atoms with Crippen molar-refractivity contribution in [3.63, 3.8) is 0 Å². The molecule has 2 N–H and O–H groups in total. The van der Waals surface area contributed by atoms with Gasteiger partial charge in [-0.05, 0) is 77.3 Å². The monoisotopic (exact) mass is 565 g/mol. The minimum atomic E-state index is -4.92. The molecule has 212 valence electrons. The minimum Gasteiger partial charge on any atom is -0.494 e. The van der Waals surface area contributed by atoms with Gasteiger partial charge in [0.1, 0.15) is 5.75 Å². The number of nitrogens with zero attached hydrogens (tertiary/aromatic N) is 3. The summed E-state index contributed by atoms with van der Waals surface area (Å²) in [5.41, 5.74) is -0.397. The second kappa shape index (κ2) is 10.6. The summed E-state index contributed by atoms with van der Waals surface area (Å²) in [6.45, 7) is -0.251. The number of amides is 1. The Morgan fingerprint density at radius 1 is 0.950 bits per heavy atom. The molecule has 2 heterocycles. The normalized spacial score (nSPS) is 19.8. The second-order valence-corrected chi connectivity index (χ2v) is 9.91. The highest BCUT2D eigenvalue weighted by Crippen LogP contribution is 2.50. The molecule has 0 saturated carbocycles. The number of ether oxygens (including phenoxy) is 1. The van der Waals surface area contributed by atoms with E-state index in [4.69, 9.17) is 4.74 Å². The fourth-order valence-electron chi connectivity index (χ4n) is 5.27. The van der Waals surface area contributed by atoms with Crippen molar-refractivity contribution in [3.05, 3.63) is 70.5 Å². The van der Waals surface area contributed by atoms with Gasteiger partial charge < -0.3 is 10.1 Å². The van der Waals surface area contributed by atoms with Crippen molar-refractivity contribution in [1.29, 1.82) is 0 Å². The number of fused-ring (bicyclic) bond motifs is 1. The summed E-state index contributed by atoms with van der Waals surface area (Å²) in [7, 11) is 0. The molecule has 2 aliphatic rings. The van der Waals surface area contributed by atoms with E-state index >= 15 is 0 Å². The van der Waals surface area contributed by atoms with Gasteiger partial charge in [-0.2, -0.15) is 31.6 Å². The van der Waals surface area contributed by atoms with Crippen LogP contribution in [0.3, 0.4) is 0 Å². The molecule has 3 aromatic rings. The summed E-state index contributed by atoms with van der Waals surface area (Å²) >= 11 is 0. The van der Waals surface area contributed by atoms with Crippen LogP contribution in [0.4, 0.5) is 26.3 Å². The van der Waals surface area contributed by atoms with Crippen LogP contribution in [0.25, 0.3) is 11.1 Å². The summed E-state index contributed by atoms with van der Waals surface area (Å²) in [6, 6.07) is 10.3. The van der Waals surface area contributed by atoms with Crippen molar-refractivity contribution in [2.75, 3.05) is 6.61 Å². The third-order valence-corrected chi connectivity index (χ3v) is 7.27. The maximum absolute atomic E-state index is 14.9. The van der Waals surface area contributed by atoms with Crippen LogP contribution in [-0.4, -0.2) is 45.5 Å². The summed E-state index contributed by atoms with van der Waals surface area (Å²) < 4.78 is 87.2. The lowest BCUT2D eigenvalue weighted by molar-refractivity contribution is -0.201. The van der Waals surface area contributed by atoms with Crippen LogP contribution in [0.1, 0.15) is 60.2 Å². The number of hydrogen-bond donors (Lipinski definition) is 2. The number of carbonyl (C=O) groups is 1. The molecule has 13 heteroatoms. The Kier molecular flexibility index (Phi) is 7.32. The second-order valence-electron chi connectivity index (χ2n) is 9.91. The zero-order chi connectivity index (χ0) is 28.5. The minimum absolute atomic E-state index is 0.103. The van der Waals surface area contributed by atoms with Crippen molar-refractivity contribution in [2.45, 2.75) is 62.8 Å². The first-order valence-electron chi connectivity index (χ1n) is 12.8. The van der Waals surface area contributed by atoms with Crippen molar-refractivity contribution in [3.8, 4) is 5.75 Å². The van der Waals surface area contributed by atoms with Gasteiger partial charge in [-0.15, -0.1) is 10.2 Å². The average Bonchev–Trinajstić information content (AvgIpc) is 3.44. The first-order valence-corrected chi connectivity index (χ1v) is 12.8. The number of rotatable bonds is 7. The number of benzene rings is 2. The van der Waals surface area contributed by atoms with Crippen LogP contribution in [0.5, 0.6) is 5.75 Å². The van der Waals surface area contributed by atoms with Crippen molar-refractivity contribution < 1.29 is 35.9 Å². The van der Waals surface area contributed by atoms with E-state index < -0.39 is 36.6 Å². The largest absolute Gasteiger partial charge is 0.494 e. The fraction of sp³-hybridized carbons (Fsp3) is 0.407. The Morgan fingerprint density at radius 2 is 1.68 bits per heavy atom. The van der Waals surface area contributed by atoms with Crippen LogP contribution in [0, 0.1) is 0 Å². The SMILES string of the molecule is O=C1N[C@@](c2ccc(OCCCC(F)(F)F)cc2)(C(F)(F)F)CC(c2ccc3c(c2)CCCC3)=C1c1nn[nH]n1. The van der Waals surface area contributed by atoms with Gasteiger partial charge in [0.25, 0.3) is 5.91 Å². The van der Waals surface area contributed by atoms with E-state index in [1.54, 1.807) is 6.07 Å². The summed E-state index contributed by atoms with van der Waals surface area (Å²) in [4.78, 5) is 13.4. The molecule has 0 fully saturated rings. The Morgan fingerprint density at radius 3 is 2.33 bits per heavy atom. The number of nitrogens with one attached hydrogen (secondary N) is 2. The van der Waals surface area contributed by atoms with Gasteiger partial charge in [-0.1, -0.05) is 30.3 Å². The molecule has 0 saturated heterocycles. The zero-order valence-electron chi connectivity index (χ0n) is 21.1. The first kappa shape index (κ1) is 27.7. The lowest BCUT2D eigenvalue weighted by Crippen LogP contribution is -2.58. The van der Waals surface area contributed by atoms with Crippen molar-refractivity contribution in [2.24, 2.45) is 0 Å². The molecule has 1 atom stereocenters. The number of aromatic nitrogens is 4. The molecule has 2 aromatic carbocycles. The maximum Gasteiger partial charge on any atom is 0.416 e. The third-order valence-electron chi connectivity index (χ3n) is 7.27. The van der Waals surface area contributed by atoms with Gasteiger partial charge in [-0.25, -0.2) is 0 Å². The molecule has 5 rings (SSSR count). The molecule has 0 bridgehead atoms. The predicted octanol–water partition coefficient (Wildman–Crippen LogP) is 5.69. The van der Waals surface area contributed by atoms with E-state index in [1.165, 1.54) is 12.1 Å². The third kappa shape index (κ3) is 5.54. The molecule has 1 aromatic heterocycles.